The van der Waals surface area contributed by atoms with Gasteiger partial charge in [-0.2, -0.15) is 0 Å². The molecule has 0 fully saturated rings. The van der Waals surface area contributed by atoms with Gasteiger partial charge in [-0.05, 0) is 26.0 Å². The number of ether oxygens (including phenoxy) is 1. The third-order valence-electron chi connectivity index (χ3n) is 2.74. The van der Waals surface area contributed by atoms with Crippen molar-refractivity contribution in [2.75, 3.05) is 12.4 Å². The lowest BCUT2D eigenvalue weighted by atomic mass is 10.1. The van der Waals surface area contributed by atoms with E-state index in [0.29, 0.717) is 28.2 Å². The van der Waals surface area contributed by atoms with E-state index in [4.69, 9.17) is 38.8 Å². The van der Waals surface area contributed by atoms with E-state index < -0.39 is 16.8 Å². The van der Waals surface area contributed by atoms with Gasteiger partial charge in [-0.3, -0.25) is 4.79 Å². The van der Waals surface area contributed by atoms with Crippen molar-refractivity contribution in [3.8, 4) is 5.75 Å². The van der Waals surface area contributed by atoms with Gasteiger partial charge in [0.1, 0.15) is 6.04 Å². The average Bonchev–Trinajstić information content (AvgIpc) is 2.36. The molecule has 1 rings (SSSR count). The van der Waals surface area contributed by atoms with E-state index in [1.54, 1.807) is 32.0 Å². The van der Waals surface area contributed by atoms with Crippen molar-refractivity contribution in [3.63, 3.8) is 0 Å². The summed E-state index contributed by atoms with van der Waals surface area (Å²) in [5.74, 6) is 0.00421. The molecule has 0 aliphatic rings. The zero-order valence-electron chi connectivity index (χ0n) is 11.2. The molecule has 112 valence electrons. The summed E-state index contributed by atoms with van der Waals surface area (Å²) in [7, 11) is 0. The Hall–Kier alpha value is -0.620. The minimum atomic E-state index is -1.02. The highest BCUT2D eigenvalue weighted by Crippen LogP contribution is 2.33. The zero-order valence-corrected chi connectivity index (χ0v) is 13.6. The van der Waals surface area contributed by atoms with Gasteiger partial charge >= 0.3 is 5.97 Å². The lowest BCUT2D eigenvalue weighted by Gasteiger charge is -2.27. The molecule has 0 spiro atoms. The fourth-order valence-corrected chi connectivity index (χ4v) is 2.94. The molecule has 0 aliphatic heterocycles. The molecule has 0 bridgehead atoms. The second kappa shape index (κ2) is 7.41. The summed E-state index contributed by atoms with van der Waals surface area (Å²) in [5.41, 5.74) is 5.63. The highest BCUT2D eigenvalue weighted by atomic mass is 35.5. The third kappa shape index (κ3) is 4.74. The first-order valence-corrected chi connectivity index (χ1v) is 7.69. The number of hydrogen-bond donors (Lipinski definition) is 2. The monoisotopic (exact) mass is 337 g/mol. The highest BCUT2D eigenvalue weighted by molar-refractivity contribution is 8.00. The van der Waals surface area contributed by atoms with Crippen LogP contribution in [0.1, 0.15) is 13.8 Å². The van der Waals surface area contributed by atoms with Gasteiger partial charge in [-0.25, -0.2) is 0 Å². The van der Waals surface area contributed by atoms with E-state index in [1.165, 1.54) is 11.8 Å². The second-order valence-corrected chi connectivity index (χ2v) is 7.23. The molecule has 4 nitrogen and oxygen atoms in total. The van der Waals surface area contributed by atoms with Crippen LogP contribution in [0.4, 0.5) is 0 Å². The van der Waals surface area contributed by atoms with Crippen molar-refractivity contribution in [1.82, 2.24) is 0 Å². The van der Waals surface area contributed by atoms with Gasteiger partial charge in [0.05, 0.1) is 16.7 Å². The van der Waals surface area contributed by atoms with Crippen LogP contribution in [-0.2, 0) is 4.79 Å². The van der Waals surface area contributed by atoms with Crippen molar-refractivity contribution >= 4 is 40.9 Å². The Morgan fingerprint density at radius 2 is 2.00 bits per heavy atom. The van der Waals surface area contributed by atoms with Gasteiger partial charge in [0, 0.05) is 10.5 Å². The third-order valence-corrected chi connectivity index (χ3v) is 4.70. The smallest absolute Gasteiger partial charge is 0.321 e. The van der Waals surface area contributed by atoms with Gasteiger partial charge in [0.15, 0.2) is 5.75 Å². The summed E-state index contributed by atoms with van der Waals surface area (Å²) in [6, 6.07) is 4.19. The summed E-state index contributed by atoms with van der Waals surface area (Å²) < 4.78 is 4.95. The van der Waals surface area contributed by atoms with Gasteiger partial charge in [0.2, 0.25) is 0 Å². The Morgan fingerprint density at radius 1 is 1.45 bits per heavy atom. The largest absolute Gasteiger partial charge is 0.490 e. The molecule has 0 saturated carbocycles. The molecule has 0 radical (unpaired) electrons. The molecule has 1 aromatic carbocycles. The van der Waals surface area contributed by atoms with Crippen LogP contribution in [0.5, 0.6) is 5.75 Å². The molecule has 20 heavy (non-hydrogen) atoms. The quantitative estimate of drug-likeness (QED) is 0.747. The lowest BCUT2D eigenvalue weighted by molar-refractivity contribution is -0.139. The number of thioether (sulfide) groups is 1. The predicted octanol–water partition coefficient (Wildman–Crippen LogP) is 3.30. The average molecular weight is 338 g/mol. The standard InChI is InChI=1S/C13H17Cl2NO3S/c1-13(2,11(16)12(17)18)20-7-6-19-10-8(14)4-3-5-9(10)15/h3-5,11H,6-7,16H2,1-2H3,(H,17,18)/t11-/m1/s1. The maximum Gasteiger partial charge on any atom is 0.321 e. The second-order valence-electron chi connectivity index (χ2n) is 4.67. The predicted molar refractivity (Wildman–Crippen MR) is 84.1 cm³/mol. The van der Waals surface area contributed by atoms with E-state index in [0.717, 1.165) is 0 Å². The van der Waals surface area contributed by atoms with Crippen LogP contribution in [0.25, 0.3) is 0 Å². The molecule has 3 N–H and O–H groups in total. The normalized spacial score (nSPS) is 13.1. The number of benzene rings is 1. The molecule has 0 heterocycles. The van der Waals surface area contributed by atoms with E-state index in [2.05, 4.69) is 0 Å². The molecule has 1 atom stereocenters. The number of carboxylic acids is 1. The van der Waals surface area contributed by atoms with Crippen LogP contribution in [-0.4, -0.2) is 34.2 Å². The molecule has 0 aliphatic carbocycles. The number of hydrogen-bond acceptors (Lipinski definition) is 4. The fraction of sp³-hybridized carbons (Fsp3) is 0.462. The topological polar surface area (TPSA) is 72.5 Å². The molecule has 7 heteroatoms. The van der Waals surface area contributed by atoms with Crippen LogP contribution in [0.15, 0.2) is 18.2 Å². The molecular weight excluding hydrogens is 321 g/mol. The van der Waals surface area contributed by atoms with E-state index >= 15 is 0 Å². The summed E-state index contributed by atoms with van der Waals surface area (Å²) >= 11 is 13.4. The number of carboxylic acid groups (broad SMARTS) is 1. The Balaban J connectivity index is 2.48. The maximum absolute atomic E-state index is 10.9. The van der Waals surface area contributed by atoms with E-state index in [9.17, 15) is 4.79 Å². The number of aliphatic carboxylic acids is 1. The first kappa shape index (κ1) is 17.4. The molecule has 0 aromatic heterocycles. The number of carbonyl (C=O) groups is 1. The minimum absolute atomic E-state index is 0.365. The molecular formula is C13H17Cl2NO3S. The number of rotatable bonds is 7. The van der Waals surface area contributed by atoms with Crippen molar-refractivity contribution in [1.29, 1.82) is 0 Å². The van der Waals surface area contributed by atoms with Crippen LogP contribution in [0.2, 0.25) is 10.0 Å². The minimum Gasteiger partial charge on any atom is -0.490 e. The first-order chi connectivity index (χ1) is 9.25. The molecule has 0 amide bonds. The zero-order chi connectivity index (χ0) is 15.3. The SMILES string of the molecule is CC(C)(SCCOc1c(Cl)cccc1Cl)[C@H](N)C(=O)O. The number of nitrogens with two attached hydrogens (primary N) is 1. The molecule has 0 unspecified atom stereocenters. The summed E-state index contributed by atoms with van der Waals surface area (Å²) in [4.78, 5) is 10.9. The lowest BCUT2D eigenvalue weighted by Crippen LogP contribution is -2.47. The summed E-state index contributed by atoms with van der Waals surface area (Å²) in [5, 5.41) is 9.82. The number of halogens is 2. The van der Waals surface area contributed by atoms with Crippen molar-refractivity contribution in [2.45, 2.75) is 24.6 Å². The van der Waals surface area contributed by atoms with E-state index in [1.807, 2.05) is 0 Å². The van der Waals surface area contributed by atoms with Crippen LogP contribution >= 0.6 is 35.0 Å². The highest BCUT2D eigenvalue weighted by Gasteiger charge is 2.32. The van der Waals surface area contributed by atoms with Gasteiger partial charge in [-0.15, -0.1) is 11.8 Å². The van der Waals surface area contributed by atoms with Crippen molar-refractivity contribution < 1.29 is 14.6 Å². The maximum atomic E-state index is 10.9. The van der Waals surface area contributed by atoms with Crippen molar-refractivity contribution in [3.05, 3.63) is 28.2 Å². The van der Waals surface area contributed by atoms with Crippen LogP contribution < -0.4 is 10.5 Å². The fourth-order valence-electron chi connectivity index (χ4n) is 1.46. The van der Waals surface area contributed by atoms with Gasteiger partial charge in [0.25, 0.3) is 0 Å². The van der Waals surface area contributed by atoms with Crippen molar-refractivity contribution in [2.24, 2.45) is 5.73 Å². The Kier molecular flexibility index (Phi) is 6.45. The first-order valence-electron chi connectivity index (χ1n) is 5.95. The van der Waals surface area contributed by atoms with Crippen LogP contribution in [0, 0.1) is 0 Å². The number of para-hydroxylation sites is 1. The Morgan fingerprint density at radius 3 is 2.50 bits per heavy atom. The molecule has 0 saturated heterocycles. The Bertz CT molecular complexity index is 462. The van der Waals surface area contributed by atoms with Gasteiger partial charge in [-0.1, -0.05) is 29.3 Å². The Labute approximate surface area is 132 Å². The summed E-state index contributed by atoms with van der Waals surface area (Å²) in [6.07, 6.45) is 0. The molecule has 1 aromatic rings. The van der Waals surface area contributed by atoms with Gasteiger partial charge < -0.3 is 15.6 Å². The van der Waals surface area contributed by atoms with Crippen LogP contribution in [0.3, 0.4) is 0 Å². The van der Waals surface area contributed by atoms with E-state index in [-0.39, 0.29) is 0 Å². The summed E-state index contributed by atoms with van der Waals surface area (Å²) in [6.45, 7) is 3.95.